The Hall–Kier alpha value is -2.13. The molecular weight excluding hydrogens is 260 g/mol. The van der Waals surface area contributed by atoms with Gasteiger partial charge in [0.15, 0.2) is 0 Å². The highest BCUT2D eigenvalue weighted by molar-refractivity contribution is 5.82. The number of benzene rings is 2. The summed E-state index contributed by atoms with van der Waals surface area (Å²) in [5.74, 6) is -0.119. The average molecular weight is 282 g/mol. The molecule has 1 amide bonds. The lowest BCUT2D eigenvalue weighted by molar-refractivity contribution is -0.123. The third-order valence-electron chi connectivity index (χ3n) is 3.57. The van der Waals surface area contributed by atoms with Crippen molar-refractivity contribution in [3.63, 3.8) is 0 Å². The topological polar surface area (TPSA) is 55.1 Å². The Balaban J connectivity index is 1.92. The van der Waals surface area contributed by atoms with Gasteiger partial charge in [-0.05, 0) is 31.4 Å². The number of carbonyl (C=O) groups excluding carboxylic acids is 1. The Labute approximate surface area is 126 Å². The van der Waals surface area contributed by atoms with E-state index in [1.54, 1.807) is 0 Å². The Morgan fingerprint density at radius 2 is 1.71 bits per heavy atom. The number of hydrogen-bond acceptors (Lipinski definition) is 2. The van der Waals surface area contributed by atoms with E-state index in [-0.39, 0.29) is 11.9 Å². The fraction of sp³-hybridized carbons (Fsp3) is 0.278. The van der Waals surface area contributed by atoms with Gasteiger partial charge in [0.05, 0.1) is 12.1 Å². The molecule has 110 valence electrons. The van der Waals surface area contributed by atoms with E-state index in [1.807, 2.05) is 68.4 Å². The van der Waals surface area contributed by atoms with Gasteiger partial charge in [0.25, 0.3) is 0 Å². The molecule has 0 bridgehead atoms. The lowest BCUT2D eigenvalue weighted by Gasteiger charge is -2.18. The molecule has 3 nitrogen and oxygen atoms in total. The van der Waals surface area contributed by atoms with E-state index in [2.05, 4.69) is 5.32 Å². The molecular formula is C18H22N2O. The van der Waals surface area contributed by atoms with E-state index in [0.29, 0.717) is 6.42 Å². The van der Waals surface area contributed by atoms with Crippen molar-refractivity contribution in [1.82, 2.24) is 5.32 Å². The van der Waals surface area contributed by atoms with Gasteiger partial charge in [-0.3, -0.25) is 4.79 Å². The summed E-state index contributed by atoms with van der Waals surface area (Å²) in [6.07, 6.45) is 0.549. The van der Waals surface area contributed by atoms with Crippen LogP contribution in [-0.4, -0.2) is 11.9 Å². The largest absolute Gasteiger partial charge is 0.348 e. The number of nitrogens with one attached hydrogen (secondary N) is 1. The van der Waals surface area contributed by atoms with Crippen molar-refractivity contribution >= 4 is 5.91 Å². The first-order chi connectivity index (χ1) is 10.1. The van der Waals surface area contributed by atoms with Gasteiger partial charge in [0.1, 0.15) is 0 Å². The van der Waals surface area contributed by atoms with Crippen molar-refractivity contribution in [2.75, 3.05) is 0 Å². The molecule has 0 fully saturated rings. The first-order valence-electron chi connectivity index (χ1n) is 7.22. The summed E-state index contributed by atoms with van der Waals surface area (Å²) in [7, 11) is 0. The van der Waals surface area contributed by atoms with Crippen LogP contribution in [-0.2, 0) is 11.2 Å². The molecule has 2 aromatic carbocycles. The van der Waals surface area contributed by atoms with Crippen molar-refractivity contribution < 1.29 is 4.79 Å². The molecule has 0 aromatic heterocycles. The second kappa shape index (κ2) is 7.04. The summed E-state index contributed by atoms with van der Waals surface area (Å²) in [4.78, 5) is 12.2. The molecule has 0 heterocycles. The van der Waals surface area contributed by atoms with E-state index in [0.717, 1.165) is 11.1 Å². The second-order valence-corrected chi connectivity index (χ2v) is 5.44. The van der Waals surface area contributed by atoms with Crippen molar-refractivity contribution in [2.24, 2.45) is 5.73 Å². The quantitative estimate of drug-likeness (QED) is 0.886. The van der Waals surface area contributed by atoms with Crippen molar-refractivity contribution in [1.29, 1.82) is 0 Å². The first-order valence-corrected chi connectivity index (χ1v) is 7.22. The molecule has 0 aliphatic heterocycles. The van der Waals surface area contributed by atoms with Crippen LogP contribution in [0.1, 0.15) is 29.7 Å². The van der Waals surface area contributed by atoms with E-state index in [4.69, 9.17) is 5.73 Å². The van der Waals surface area contributed by atoms with E-state index in [9.17, 15) is 4.79 Å². The van der Waals surface area contributed by atoms with Gasteiger partial charge < -0.3 is 11.1 Å². The van der Waals surface area contributed by atoms with Crippen molar-refractivity contribution in [3.05, 3.63) is 71.3 Å². The fourth-order valence-corrected chi connectivity index (χ4v) is 2.22. The first kappa shape index (κ1) is 15.3. The predicted molar refractivity (Wildman–Crippen MR) is 85.9 cm³/mol. The van der Waals surface area contributed by atoms with Gasteiger partial charge in [-0.2, -0.15) is 0 Å². The minimum atomic E-state index is -0.528. The molecule has 2 atom stereocenters. The summed E-state index contributed by atoms with van der Waals surface area (Å²) in [6.45, 7) is 4.01. The molecule has 2 aromatic rings. The van der Waals surface area contributed by atoms with Crippen LogP contribution in [0.25, 0.3) is 0 Å². The molecule has 0 saturated heterocycles. The maximum atomic E-state index is 12.2. The van der Waals surface area contributed by atoms with Gasteiger partial charge in [0, 0.05) is 0 Å². The molecule has 0 aliphatic carbocycles. The summed E-state index contributed by atoms with van der Waals surface area (Å²) in [6, 6.07) is 17.4. The zero-order valence-electron chi connectivity index (χ0n) is 12.5. The monoisotopic (exact) mass is 282 g/mol. The van der Waals surface area contributed by atoms with Crippen LogP contribution in [0.5, 0.6) is 0 Å². The zero-order chi connectivity index (χ0) is 15.2. The molecule has 0 spiro atoms. The van der Waals surface area contributed by atoms with Gasteiger partial charge in [-0.15, -0.1) is 0 Å². The lowest BCUT2D eigenvalue weighted by atomic mass is 10.0. The average Bonchev–Trinajstić information content (AvgIpc) is 2.48. The minimum absolute atomic E-state index is 0.0417. The minimum Gasteiger partial charge on any atom is -0.348 e. The molecule has 3 N–H and O–H groups in total. The maximum absolute atomic E-state index is 12.2. The van der Waals surface area contributed by atoms with Crippen LogP contribution >= 0.6 is 0 Å². The number of carbonyl (C=O) groups is 1. The summed E-state index contributed by atoms with van der Waals surface area (Å²) < 4.78 is 0. The second-order valence-electron chi connectivity index (χ2n) is 5.44. The Bertz CT molecular complexity index is 578. The van der Waals surface area contributed by atoms with E-state index >= 15 is 0 Å². The number of aryl methyl sites for hydroxylation is 1. The van der Waals surface area contributed by atoms with Gasteiger partial charge in [0.2, 0.25) is 5.91 Å². The number of rotatable bonds is 5. The normalized spacial score (nSPS) is 13.5. The summed E-state index contributed by atoms with van der Waals surface area (Å²) in [5.41, 5.74) is 9.35. The van der Waals surface area contributed by atoms with Gasteiger partial charge in [-0.25, -0.2) is 0 Å². The predicted octanol–water partition coefficient (Wildman–Crippen LogP) is 2.74. The van der Waals surface area contributed by atoms with Crippen LogP contribution in [0.2, 0.25) is 0 Å². The Morgan fingerprint density at radius 1 is 1.10 bits per heavy atom. The number of amides is 1. The Kier molecular flexibility index (Phi) is 5.12. The zero-order valence-corrected chi connectivity index (χ0v) is 12.5. The number of nitrogens with two attached hydrogens (primary N) is 1. The van der Waals surface area contributed by atoms with Gasteiger partial charge >= 0.3 is 0 Å². The van der Waals surface area contributed by atoms with Crippen molar-refractivity contribution in [2.45, 2.75) is 32.4 Å². The van der Waals surface area contributed by atoms with Crippen LogP contribution in [0.4, 0.5) is 0 Å². The van der Waals surface area contributed by atoms with Crippen LogP contribution < -0.4 is 11.1 Å². The molecule has 0 aliphatic rings. The van der Waals surface area contributed by atoms with Crippen molar-refractivity contribution in [3.8, 4) is 0 Å². The SMILES string of the molecule is Cc1ccc([C@@H](C)NC(=O)C(N)Cc2ccccc2)cc1. The highest BCUT2D eigenvalue weighted by Gasteiger charge is 2.16. The molecule has 2 rings (SSSR count). The third kappa shape index (κ3) is 4.43. The molecule has 1 unspecified atom stereocenters. The standard InChI is InChI=1S/C18H22N2O/c1-13-8-10-16(11-9-13)14(2)20-18(21)17(19)12-15-6-4-3-5-7-15/h3-11,14,17H,12,19H2,1-2H3,(H,20,21)/t14-,17?/m1/s1. The van der Waals surface area contributed by atoms with Crippen LogP contribution in [0, 0.1) is 6.92 Å². The molecule has 21 heavy (non-hydrogen) atoms. The molecule has 0 radical (unpaired) electrons. The molecule has 3 heteroatoms. The third-order valence-corrected chi connectivity index (χ3v) is 3.57. The lowest BCUT2D eigenvalue weighted by Crippen LogP contribution is -2.42. The Morgan fingerprint density at radius 3 is 2.33 bits per heavy atom. The number of hydrogen-bond donors (Lipinski definition) is 2. The fourth-order valence-electron chi connectivity index (χ4n) is 2.22. The highest BCUT2D eigenvalue weighted by atomic mass is 16.2. The summed E-state index contributed by atoms with van der Waals surface area (Å²) in [5, 5.41) is 2.97. The van der Waals surface area contributed by atoms with E-state index < -0.39 is 6.04 Å². The smallest absolute Gasteiger partial charge is 0.237 e. The highest BCUT2D eigenvalue weighted by Crippen LogP contribution is 2.13. The van der Waals surface area contributed by atoms with Crippen LogP contribution in [0.3, 0.4) is 0 Å². The summed E-state index contributed by atoms with van der Waals surface area (Å²) >= 11 is 0. The maximum Gasteiger partial charge on any atom is 0.237 e. The van der Waals surface area contributed by atoms with Crippen LogP contribution in [0.15, 0.2) is 54.6 Å². The molecule has 0 saturated carbocycles. The van der Waals surface area contributed by atoms with E-state index in [1.165, 1.54) is 5.56 Å². The van der Waals surface area contributed by atoms with Gasteiger partial charge in [-0.1, -0.05) is 60.2 Å².